The second kappa shape index (κ2) is 5.39. The Balaban J connectivity index is 2.40. The average Bonchev–Trinajstić information content (AvgIpc) is 2.34. The second-order valence-electron chi connectivity index (χ2n) is 3.94. The van der Waals surface area contributed by atoms with Gasteiger partial charge < -0.3 is 11.1 Å². The standard InChI is InChI=1S/C13H11BrCl2N2/c1-7-2-4-9(17)11(6-7)18-10-5-3-8(14)12(15)13(10)16/h2-6,18H,17H2,1H3. The monoisotopic (exact) mass is 344 g/mol. The lowest BCUT2D eigenvalue weighted by Gasteiger charge is -2.13. The Bertz CT molecular complexity index is 600. The van der Waals surface area contributed by atoms with Crippen molar-refractivity contribution in [1.82, 2.24) is 0 Å². The van der Waals surface area contributed by atoms with Gasteiger partial charge in [-0.15, -0.1) is 0 Å². The minimum atomic E-state index is 0.465. The van der Waals surface area contributed by atoms with Gasteiger partial charge >= 0.3 is 0 Å². The van der Waals surface area contributed by atoms with E-state index in [-0.39, 0.29) is 0 Å². The number of hydrogen-bond acceptors (Lipinski definition) is 2. The van der Waals surface area contributed by atoms with E-state index in [1.807, 2.05) is 37.3 Å². The Kier molecular flexibility index (Phi) is 4.05. The predicted molar refractivity (Wildman–Crippen MR) is 83.0 cm³/mol. The molecule has 0 aliphatic rings. The summed E-state index contributed by atoms with van der Waals surface area (Å²) >= 11 is 15.6. The van der Waals surface area contributed by atoms with Crippen LogP contribution in [0.3, 0.4) is 0 Å². The van der Waals surface area contributed by atoms with Crippen LogP contribution in [0.5, 0.6) is 0 Å². The number of nitrogens with two attached hydrogens (primary N) is 1. The fraction of sp³-hybridized carbons (Fsp3) is 0.0769. The third kappa shape index (κ3) is 2.74. The number of nitrogen functional groups attached to an aromatic ring is 1. The number of benzene rings is 2. The summed E-state index contributed by atoms with van der Waals surface area (Å²) < 4.78 is 0.761. The summed E-state index contributed by atoms with van der Waals surface area (Å²) in [6, 6.07) is 9.45. The molecule has 0 saturated heterocycles. The van der Waals surface area contributed by atoms with Crippen molar-refractivity contribution in [2.45, 2.75) is 6.92 Å². The van der Waals surface area contributed by atoms with Crippen molar-refractivity contribution in [3.05, 3.63) is 50.4 Å². The van der Waals surface area contributed by atoms with Crippen LogP contribution in [0.2, 0.25) is 10.0 Å². The first-order valence-electron chi connectivity index (χ1n) is 5.25. The Morgan fingerprint density at radius 2 is 1.78 bits per heavy atom. The highest BCUT2D eigenvalue weighted by atomic mass is 79.9. The molecule has 0 spiro atoms. The van der Waals surface area contributed by atoms with Gasteiger partial charge in [0.1, 0.15) is 0 Å². The molecule has 0 aliphatic carbocycles. The molecule has 0 heterocycles. The number of aryl methyl sites for hydroxylation is 1. The van der Waals surface area contributed by atoms with Crippen LogP contribution in [-0.4, -0.2) is 0 Å². The highest BCUT2D eigenvalue weighted by molar-refractivity contribution is 9.10. The second-order valence-corrected chi connectivity index (χ2v) is 5.55. The molecular formula is C13H11BrCl2N2. The maximum absolute atomic E-state index is 6.18. The van der Waals surface area contributed by atoms with Crippen molar-refractivity contribution in [2.24, 2.45) is 0 Å². The summed E-state index contributed by atoms with van der Waals surface area (Å²) in [5, 5.41) is 4.13. The van der Waals surface area contributed by atoms with E-state index < -0.39 is 0 Å². The fourth-order valence-electron chi connectivity index (χ4n) is 1.55. The van der Waals surface area contributed by atoms with E-state index in [4.69, 9.17) is 28.9 Å². The summed E-state index contributed by atoms with van der Waals surface area (Å²) in [6.45, 7) is 2.00. The summed E-state index contributed by atoms with van der Waals surface area (Å²) in [5.74, 6) is 0. The zero-order chi connectivity index (χ0) is 13.3. The number of nitrogens with one attached hydrogen (secondary N) is 1. The van der Waals surface area contributed by atoms with Crippen LogP contribution in [0.25, 0.3) is 0 Å². The van der Waals surface area contributed by atoms with Crippen molar-refractivity contribution in [3.63, 3.8) is 0 Å². The number of hydrogen-bond donors (Lipinski definition) is 2. The lowest BCUT2D eigenvalue weighted by Crippen LogP contribution is -1.97. The molecule has 0 aliphatic heterocycles. The lowest BCUT2D eigenvalue weighted by molar-refractivity contribution is 1.45. The van der Waals surface area contributed by atoms with E-state index in [9.17, 15) is 0 Å². The molecule has 0 bridgehead atoms. The molecule has 0 atom stereocenters. The van der Waals surface area contributed by atoms with Gasteiger partial charge in [0, 0.05) is 4.47 Å². The largest absolute Gasteiger partial charge is 0.397 e. The van der Waals surface area contributed by atoms with Crippen LogP contribution in [-0.2, 0) is 0 Å². The van der Waals surface area contributed by atoms with Crippen LogP contribution in [0.4, 0.5) is 17.1 Å². The molecule has 2 nitrogen and oxygen atoms in total. The minimum Gasteiger partial charge on any atom is -0.397 e. The molecule has 2 aromatic carbocycles. The van der Waals surface area contributed by atoms with Gasteiger partial charge in [-0.1, -0.05) is 29.3 Å². The normalized spacial score (nSPS) is 10.4. The molecule has 0 aromatic heterocycles. The molecule has 0 amide bonds. The summed E-state index contributed by atoms with van der Waals surface area (Å²) in [4.78, 5) is 0. The smallest absolute Gasteiger partial charge is 0.0838 e. The third-order valence-electron chi connectivity index (χ3n) is 2.51. The van der Waals surface area contributed by atoms with Gasteiger partial charge in [-0.3, -0.25) is 0 Å². The predicted octanol–water partition coefficient (Wildman–Crippen LogP) is 5.39. The molecule has 3 N–H and O–H groups in total. The van der Waals surface area contributed by atoms with E-state index in [2.05, 4.69) is 21.2 Å². The van der Waals surface area contributed by atoms with Gasteiger partial charge in [-0.25, -0.2) is 0 Å². The van der Waals surface area contributed by atoms with Crippen LogP contribution in [0.1, 0.15) is 5.56 Å². The van der Waals surface area contributed by atoms with Crippen molar-refractivity contribution in [2.75, 3.05) is 11.1 Å². The van der Waals surface area contributed by atoms with Crippen LogP contribution in [0.15, 0.2) is 34.8 Å². The lowest BCUT2D eigenvalue weighted by atomic mass is 10.2. The molecule has 2 rings (SSSR count). The van der Waals surface area contributed by atoms with Gasteiger partial charge in [0.25, 0.3) is 0 Å². The summed E-state index contributed by atoms with van der Waals surface area (Å²) in [7, 11) is 0. The SMILES string of the molecule is Cc1ccc(N)c(Nc2ccc(Br)c(Cl)c2Cl)c1. The quantitative estimate of drug-likeness (QED) is 0.565. The van der Waals surface area contributed by atoms with Crippen molar-refractivity contribution < 1.29 is 0 Å². The van der Waals surface area contributed by atoms with E-state index in [0.29, 0.717) is 15.7 Å². The van der Waals surface area contributed by atoms with Crippen molar-refractivity contribution in [1.29, 1.82) is 0 Å². The van der Waals surface area contributed by atoms with Crippen molar-refractivity contribution in [3.8, 4) is 0 Å². The zero-order valence-corrected chi connectivity index (χ0v) is 12.7. The molecule has 2 aromatic rings. The first kappa shape index (κ1) is 13.5. The van der Waals surface area contributed by atoms with Gasteiger partial charge in [0.2, 0.25) is 0 Å². The zero-order valence-electron chi connectivity index (χ0n) is 9.60. The number of halogens is 3. The highest BCUT2D eigenvalue weighted by Gasteiger charge is 2.09. The minimum absolute atomic E-state index is 0.465. The number of rotatable bonds is 2. The van der Waals surface area contributed by atoms with Crippen molar-refractivity contribution >= 4 is 56.2 Å². The summed E-state index contributed by atoms with van der Waals surface area (Å²) in [5.41, 5.74) is 9.23. The Morgan fingerprint density at radius 3 is 2.50 bits per heavy atom. The third-order valence-corrected chi connectivity index (χ3v) is 4.28. The van der Waals surface area contributed by atoms with E-state index in [1.54, 1.807) is 0 Å². The molecule has 94 valence electrons. The molecule has 0 saturated carbocycles. The molecule has 5 heteroatoms. The molecular weight excluding hydrogens is 335 g/mol. The number of anilines is 3. The van der Waals surface area contributed by atoms with Crippen LogP contribution in [0, 0.1) is 6.92 Å². The van der Waals surface area contributed by atoms with Gasteiger partial charge in [0.05, 0.1) is 27.1 Å². The topological polar surface area (TPSA) is 38.0 Å². The van der Waals surface area contributed by atoms with Crippen LogP contribution >= 0.6 is 39.1 Å². The average molecular weight is 346 g/mol. The Hall–Kier alpha value is -0.900. The highest BCUT2D eigenvalue weighted by Crippen LogP contribution is 2.37. The Labute approximate surface area is 124 Å². The van der Waals surface area contributed by atoms with E-state index in [1.165, 1.54) is 0 Å². The van der Waals surface area contributed by atoms with Gasteiger partial charge in [0.15, 0.2) is 0 Å². The van der Waals surface area contributed by atoms with Crippen LogP contribution < -0.4 is 11.1 Å². The van der Waals surface area contributed by atoms with E-state index in [0.717, 1.165) is 21.4 Å². The van der Waals surface area contributed by atoms with E-state index >= 15 is 0 Å². The fourth-order valence-corrected chi connectivity index (χ4v) is 2.37. The molecule has 0 fully saturated rings. The molecule has 0 radical (unpaired) electrons. The first-order chi connectivity index (χ1) is 8.49. The van der Waals surface area contributed by atoms with Gasteiger partial charge in [-0.2, -0.15) is 0 Å². The first-order valence-corrected chi connectivity index (χ1v) is 6.80. The molecule has 0 unspecified atom stereocenters. The van der Waals surface area contributed by atoms with Gasteiger partial charge in [-0.05, 0) is 52.7 Å². The summed E-state index contributed by atoms with van der Waals surface area (Å²) in [6.07, 6.45) is 0. The Morgan fingerprint density at radius 1 is 1.06 bits per heavy atom. The molecule has 18 heavy (non-hydrogen) atoms. The maximum Gasteiger partial charge on any atom is 0.0838 e. The maximum atomic E-state index is 6.18.